The summed E-state index contributed by atoms with van der Waals surface area (Å²) in [5.74, 6) is -8.88. The molecule has 0 spiro atoms. The van der Waals surface area contributed by atoms with Crippen molar-refractivity contribution >= 4 is 9.84 Å². The molecule has 26 heavy (non-hydrogen) atoms. The second-order valence-electron chi connectivity index (χ2n) is 5.76. The molecule has 3 nitrogen and oxygen atoms in total. The van der Waals surface area contributed by atoms with E-state index in [1.807, 2.05) is 0 Å². The molecule has 1 aliphatic rings. The summed E-state index contributed by atoms with van der Waals surface area (Å²) in [5, 5.41) is 0. The van der Waals surface area contributed by atoms with Crippen LogP contribution in [0.15, 0.2) is 29.2 Å². The number of halogens is 6. The number of benzene rings is 2. The Morgan fingerprint density at radius 3 is 2.15 bits per heavy atom. The normalized spacial score (nSPS) is 15.8. The maximum atomic E-state index is 13.8. The number of hydrogen-bond donors (Lipinski definition) is 0. The smallest absolute Gasteiger partial charge is 0.256 e. The van der Waals surface area contributed by atoms with Gasteiger partial charge in [0, 0.05) is 30.5 Å². The molecule has 0 bridgehead atoms. The molecule has 0 fully saturated rings. The van der Waals surface area contributed by atoms with Crippen LogP contribution in [0.3, 0.4) is 0 Å². The minimum absolute atomic E-state index is 0.213. The van der Waals surface area contributed by atoms with Crippen LogP contribution < -0.4 is 4.74 Å². The summed E-state index contributed by atoms with van der Waals surface area (Å²) in [6.07, 6.45) is -1.83. The summed E-state index contributed by atoms with van der Waals surface area (Å²) >= 11 is 0. The fraction of sp³-hybridized carbons (Fsp3) is 0.250. The van der Waals surface area contributed by atoms with Gasteiger partial charge in [-0.1, -0.05) is 0 Å². The Bertz CT molecular complexity index is 965. The van der Waals surface area contributed by atoms with E-state index < -0.39 is 62.7 Å². The molecule has 0 saturated carbocycles. The lowest BCUT2D eigenvalue weighted by molar-refractivity contribution is 0.0125. The third-order valence-electron chi connectivity index (χ3n) is 3.88. The lowest BCUT2D eigenvalue weighted by atomic mass is 10.1. The molecular formula is C16H10F6O3S. The van der Waals surface area contributed by atoms with Gasteiger partial charge in [-0.3, -0.25) is 0 Å². The molecule has 2 aromatic rings. The highest BCUT2D eigenvalue weighted by Crippen LogP contribution is 2.43. The topological polar surface area (TPSA) is 43.4 Å². The average molecular weight is 396 g/mol. The van der Waals surface area contributed by atoms with E-state index >= 15 is 0 Å². The van der Waals surface area contributed by atoms with Crippen molar-refractivity contribution in [3.05, 3.63) is 52.8 Å². The van der Waals surface area contributed by atoms with E-state index in [9.17, 15) is 34.8 Å². The van der Waals surface area contributed by atoms with E-state index in [1.165, 1.54) is 0 Å². The summed E-state index contributed by atoms with van der Waals surface area (Å²) in [6.45, 7) is 0. The number of ether oxygens (including phenoxy) is 1. The van der Waals surface area contributed by atoms with E-state index in [0.29, 0.717) is 12.1 Å². The summed E-state index contributed by atoms with van der Waals surface area (Å²) in [5.41, 5.74) is -0.525. The molecule has 0 aliphatic heterocycles. The van der Waals surface area contributed by atoms with Gasteiger partial charge in [0.05, 0.1) is 4.90 Å². The molecule has 0 unspecified atom stereocenters. The Hall–Kier alpha value is -2.23. The lowest BCUT2D eigenvalue weighted by Gasteiger charge is -2.13. The second-order valence-corrected chi connectivity index (χ2v) is 7.64. The molecule has 0 amide bonds. The Balaban J connectivity index is 2.10. The molecule has 0 saturated heterocycles. The monoisotopic (exact) mass is 396 g/mol. The van der Waals surface area contributed by atoms with Crippen LogP contribution in [0.4, 0.5) is 26.3 Å². The van der Waals surface area contributed by atoms with Gasteiger partial charge in [0.2, 0.25) is 9.84 Å². The van der Waals surface area contributed by atoms with Crippen molar-refractivity contribution in [1.82, 2.24) is 0 Å². The van der Waals surface area contributed by atoms with Gasteiger partial charge in [-0.05, 0) is 17.7 Å². The molecule has 0 N–H and O–H groups in total. The van der Waals surface area contributed by atoms with E-state index in [-0.39, 0.29) is 16.9 Å². The third-order valence-corrected chi connectivity index (χ3v) is 5.22. The highest BCUT2D eigenvalue weighted by molar-refractivity contribution is 7.91. The van der Waals surface area contributed by atoms with E-state index in [4.69, 9.17) is 4.74 Å². The summed E-state index contributed by atoms with van der Waals surface area (Å²) < 4.78 is 109. The average Bonchev–Trinajstić information content (AvgIpc) is 2.87. The van der Waals surface area contributed by atoms with Gasteiger partial charge < -0.3 is 4.74 Å². The number of rotatable bonds is 4. The van der Waals surface area contributed by atoms with Gasteiger partial charge in [0.25, 0.3) is 5.92 Å². The quantitative estimate of drug-likeness (QED) is 0.571. The van der Waals surface area contributed by atoms with Crippen molar-refractivity contribution in [3.63, 3.8) is 0 Å². The lowest BCUT2D eigenvalue weighted by Crippen LogP contribution is -2.15. The molecule has 0 heterocycles. The molecule has 0 radical (unpaired) electrons. The van der Waals surface area contributed by atoms with Crippen molar-refractivity contribution in [2.24, 2.45) is 0 Å². The van der Waals surface area contributed by atoms with Crippen LogP contribution in [0.2, 0.25) is 0 Å². The Morgan fingerprint density at radius 1 is 1.00 bits per heavy atom. The van der Waals surface area contributed by atoms with E-state index in [0.717, 1.165) is 12.1 Å². The maximum Gasteiger partial charge on any atom is 0.256 e. The van der Waals surface area contributed by atoms with E-state index in [2.05, 4.69) is 0 Å². The number of hydrogen-bond acceptors (Lipinski definition) is 3. The van der Waals surface area contributed by atoms with Crippen molar-refractivity contribution in [1.29, 1.82) is 0 Å². The Labute approximate surface area is 144 Å². The van der Waals surface area contributed by atoms with Crippen LogP contribution in [0.5, 0.6) is 11.5 Å². The van der Waals surface area contributed by atoms with Crippen molar-refractivity contribution in [3.8, 4) is 11.5 Å². The predicted molar refractivity (Wildman–Crippen MR) is 78.3 cm³/mol. The number of sulfone groups is 1. The highest BCUT2D eigenvalue weighted by atomic mass is 32.2. The standard InChI is InChI=1S/C16H10F6O3S/c17-7-26(23,24)14-2-1-13(9-5-16(21,22)6-10(9)14)25-8-3-11(18)15(20)12(19)4-8/h1-4H,5-7H2. The SMILES string of the molecule is O=S(=O)(CF)c1ccc(Oc2cc(F)c(F)c(F)c2)c2c1CC(F)(F)C2. The first-order valence-electron chi connectivity index (χ1n) is 7.18. The van der Waals surface area contributed by atoms with Crippen molar-refractivity contribution in [2.45, 2.75) is 23.7 Å². The van der Waals surface area contributed by atoms with Crippen LogP contribution in [0.25, 0.3) is 0 Å². The van der Waals surface area contributed by atoms with Crippen LogP contribution in [-0.4, -0.2) is 20.3 Å². The first-order chi connectivity index (χ1) is 12.0. The van der Waals surface area contributed by atoms with Crippen molar-refractivity contribution in [2.75, 3.05) is 6.01 Å². The molecule has 1 aliphatic carbocycles. The Kier molecular flexibility index (Phi) is 4.41. The fourth-order valence-corrected chi connectivity index (χ4v) is 3.75. The molecule has 0 atom stereocenters. The van der Waals surface area contributed by atoms with Gasteiger partial charge in [-0.15, -0.1) is 0 Å². The van der Waals surface area contributed by atoms with Crippen LogP contribution >= 0.6 is 0 Å². The van der Waals surface area contributed by atoms with Gasteiger partial charge in [0.1, 0.15) is 11.5 Å². The highest BCUT2D eigenvalue weighted by Gasteiger charge is 2.42. The van der Waals surface area contributed by atoms with Gasteiger partial charge in [-0.2, -0.15) is 0 Å². The second kappa shape index (κ2) is 6.19. The van der Waals surface area contributed by atoms with Gasteiger partial charge >= 0.3 is 0 Å². The summed E-state index contributed by atoms with van der Waals surface area (Å²) in [6, 6.07) is 1.15. The molecule has 3 rings (SSSR count). The summed E-state index contributed by atoms with van der Waals surface area (Å²) in [4.78, 5) is -0.587. The van der Waals surface area contributed by atoms with Crippen molar-refractivity contribution < 1.29 is 39.5 Å². The van der Waals surface area contributed by atoms with Gasteiger partial charge in [-0.25, -0.2) is 34.8 Å². The van der Waals surface area contributed by atoms with Gasteiger partial charge in [0.15, 0.2) is 23.5 Å². The van der Waals surface area contributed by atoms with Crippen LogP contribution in [0.1, 0.15) is 11.1 Å². The zero-order chi connectivity index (χ0) is 19.3. The number of fused-ring (bicyclic) bond motifs is 1. The van der Waals surface area contributed by atoms with Crippen LogP contribution in [0, 0.1) is 17.5 Å². The zero-order valence-electron chi connectivity index (χ0n) is 12.8. The fourth-order valence-electron chi connectivity index (χ4n) is 2.78. The molecule has 0 aromatic heterocycles. The Morgan fingerprint density at radius 2 is 1.58 bits per heavy atom. The first kappa shape index (κ1) is 18.6. The zero-order valence-corrected chi connectivity index (χ0v) is 13.6. The first-order valence-corrected chi connectivity index (χ1v) is 8.83. The minimum Gasteiger partial charge on any atom is -0.457 e. The molecule has 2 aromatic carbocycles. The largest absolute Gasteiger partial charge is 0.457 e. The minimum atomic E-state index is -4.41. The summed E-state index contributed by atoms with van der Waals surface area (Å²) in [7, 11) is -4.41. The molecule has 140 valence electrons. The number of alkyl halides is 3. The van der Waals surface area contributed by atoms with E-state index in [1.54, 1.807) is 0 Å². The maximum absolute atomic E-state index is 13.8. The predicted octanol–water partition coefficient (Wildman–Crippen LogP) is 4.33. The molecular weight excluding hydrogens is 386 g/mol. The third kappa shape index (κ3) is 3.25. The van der Waals surface area contributed by atoms with Crippen LogP contribution in [-0.2, 0) is 22.7 Å². The molecule has 10 heteroatoms.